The van der Waals surface area contributed by atoms with Gasteiger partial charge in [0.1, 0.15) is 11.5 Å². The molecule has 98 valence electrons. The summed E-state index contributed by atoms with van der Waals surface area (Å²) in [5, 5.41) is 0. The van der Waals surface area contributed by atoms with Crippen LogP contribution in [-0.2, 0) is 20.7 Å². The molecular weight excluding hydrogens is 234 g/mol. The van der Waals surface area contributed by atoms with Gasteiger partial charge in [-0.3, -0.25) is 14.6 Å². The Morgan fingerprint density at radius 2 is 2.06 bits per heavy atom. The van der Waals surface area contributed by atoms with E-state index in [2.05, 4.69) is 4.98 Å². The predicted molar refractivity (Wildman–Crippen MR) is 65.4 cm³/mol. The number of aromatic nitrogens is 1. The molecule has 1 rings (SSSR count). The van der Waals surface area contributed by atoms with Gasteiger partial charge in [0.25, 0.3) is 0 Å². The van der Waals surface area contributed by atoms with Crippen molar-refractivity contribution in [3.8, 4) is 5.75 Å². The van der Waals surface area contributed by atoms with E-state index in [1.54, 1.807) is 32.5 Å². The molecule has 5 nitrogen and oxygen atoms in total. The number of Topliss-reactive ketones (excluding diaryl/α,β-unsaturated/α-hetero) is 1. The highest BCUT2D eigenvalue weighted by Gasteiger charge is 2.09. The summed E-state index contributed by atoms with van der Waals surface area (Å²) < 4.78 is 9.77. The second-order valence-electron chi connectivity index (χ2n) is 3.75. The number of ether oxygens (including phenoxy) is 2. The van der Waals surface area contributed by atoms with Gasteiger partial charge in [0.15, 0.2) is 0 Å². The number of carbonyl (C=O) groups excluding carboxylic acids is 2. The van der Waals surface area contributed by atoms with Gasteiger partial charge in [-0.25, -0.2) is 0 Å². The third-order valence-corrected chi connectivity index (χ3v) is 2.32. The first-order valence-corrected chi connectivity index (χ1v) is 5.81. The molecule has 0 aliphatic carbocycles. The average molecular weight is 251 g/mol. The molecule has 0 unspecified atom stereocenters. The van der Waals surface area contributed by atoms with Crippen molar-refractivity contribution in [1.29, 1.82) is 0 Å². The minimum atomic E-state index is -0.338. The highest BCUT2D eigenvalue weighted by atomic mass is 16.5. The molecule has 1 heterocycles. The SMILES string of the molecule is CCOC(=O)CCC(=O)Cc1cncc(OC)c1. The summed E-state index contributed by atoms with van der Waals surface area (Å²) in [5.74, 6) is 0.262. The van der Waals surface area contributed by atoms with Gasteiger partial charge in [0.05, 0.1) is 26.3 Å². The molecule has 1 aromatic heterocycles. The fourth-order valence-corrected chi connectivity index (χ4v) is 1.46. The Hall–Kier alpha value is -1.91. The summed E-state index contributed by atoms with van der Waals surface area (Å²) in [5.41, 5.74) is 0.781. The van der Waals surface area contributed by atoms with Crippen LogP contribution in [0.4, 0.5) is 0 Å². The van der Waals surface area contributed by atoms with Crippen molar-refractivity contribution in [2.75, 3.05) is 13.7 Å². The molecule has 0 aromatic carbocycles. The molecule has 0 fully saturated rings. The van der Waals surface area contributed by atoms with Gasteiger partial charge in [-0.2, -0.15) is 0 Å². The first-order valence-electron chi connectivity index (χ1n) is 5.81. The number of nitrogens with zero attached hydrogens (tertiary/aromatic N) is 1. The smallest absolute Gasteiger partial charge is 0.306 e. The van der Waals surface area contributed by atoms with E-state index in [9.17, 15) is 9.59 Å². The number of hydrogen-bond donors (Lipinski definition) is 0. The van der Waals surface area contributed by atoms with E-state index >= 15 is 0 Å². The Balaban J connectivity index is 2.42. The monoisotopic (exact) mass is 251 g/mol. The molecular formula is C13H17NO4. The minimum absolute atomic E-state index is 0.0156. The number of carbonyl (C=O) groups is 2. The van der Waals surface area contributed by atoms with Gasteiger partial charge in [0.2, 0.25) is 0 Å². The van der Waals surface area contributed by atoms with Crippen LogP contribution < -0.4 is 4.74 Å². The second kappa shape index (κ2) is 7.42. The van der Waals surface area contributed by atoms with Crippen LogP contribution in [0.2, 0.25) is 0 Å². The zero-order chi connectivity index (χ0) is 13.4. The van der Waals surface area contributed by atoms with Gasteiger partial charge >= 0.3 is 5.97 Å². The number of pyridine rings is 1. The van der Waals surface area contributed by atoms with E-state index in [1.807, 2.05) is 0 Å². The normalized spacial score (nSPS) is 9.89. The van der Waals surface area contributed by atoms with Crippen LogP contribution in [0, 0.1) is 0 Å². The second-order valence-corrected chi connectivity index (χ2v) is 3.75. The number of hydrogen-bond acceptors (Lipinski definition) is 5. The van der Waals surface area contributed by atoms with Gasteiger partial charge in [-0.05, 0) is 18.6 Å². The van der Waals surface area contributed by atoms with Crippen molar-refractivity contribution in [1.82, 2.24) is 4.98 Å². The van der Waals surface area contributed by atoms with E-state index in [-0.39, 0.29) is 31.0 Å². The van der Waals surface area contributed by atoms with Gasteiger partial charge in [-0.1, -0.05) is 0 Å². The van der Waals surface area contributed by atoms with Crippen LogP contribution in [0.5, 0.6) is 5.75 Å². The molecule has 0 aliphatic heterocycles. The van der Waals surface area contributed by atoms with E-state index < -0.39 is 0 Å². The molecule has 18 heavy (non-hydrogen) atoms. The Morgan fingerprint density at radius 3 is 2.72 bits per heavy atom. The zero-order valence-corrected chi connectivity index (χ0v) is 10.6. The molecule has 0 saturated heterocycles. The topological polar surface area (TPSA) is 65.5 Å². The zero-order valence-electron chi connectivity index (χ0n) is 10.6. The molecule has 0 aliphatic rings. The maximum Gasteiger partial charge on any atom is 0.306 e. The van der Waals surface area contributed by atoms with Crippen LogP contribution in [0.25, 0.3) is 0 Å². The molecule has 0 amide bonds. The lowest BCUT2D eigenvalue weighted by Crippen LogP contribution is -2.09. The highest BCUT2D eigenvalue weighted by Crippen LogP contribution is 2.11. The van der Waals surface area contributed by atoms with Crippen molar-refractivity contribution in [2.24, 2.45) is 0 Å². The lowest BCUT2D eigenvalue weighted by atomic mass is 10.1. The van der Waals surface area contributed by atoms with Crippen LogP contribution in [0.1, 0.15) is 25.3 Å². The van der Waals surface area contributed by atoms with Crippen LogP contribution >= 0.6 is 0 Å². The predicted octanol–water partition coefficient (Wildman–Crippen LogP) is 1.55. The molecule has 0 spiro atoms. The largest absolute Gasteiger partial charge is 0.495 e. The number of esters is 1. The molecule has 0 bridgehead atoms. The van der Waals surface area contributed by atoms with Crippen LogP contribution in [0.15, 0.2) is 18.5 Å². The van der Waals surface area contributed by atoms with Gasteiger partial charge in [-0.15, -0.1) is 0 Å². The first kappa shape index (κ1) is 14.2. The minimum Gasteiger partial charge on any atom is -0.495 e. The highest BCUT2D eigenvalue weighted by molar-refractivity contribution is 5.84. The summed E-state index contributed by atoms with van der Waals surface area (Å²) in [6.45, 7) is 2.08. The lowest BCUT2D eigenvalue weighted by Gasteiger charge is -2.04. The summed E-state index contributed by atoms with van der Waals surface area (Å²) in [7, 11) is 1.55. The standard InChI is InChI=1S/C13H17NO4/c1-3-18-13(16)5-4-11(15)6-10-7-12(17-2)9-14-8-10/h7-9H,3-6H2,1-2H3. The third kappa shape index (κ3) is 4.95. The summed E-state index contributed by atoms with van der Waals surface area (Å²) in [4.78, 5) is 26.7. The van der Waals surface area contributed by atoms with Crippen molar-refractivity contribution < 1.29 is 19.1 Å². The Morgan fingerprint density at radius 1 is 1.28 bits per heavy atom. The van der Waals surface area contributed by atoms with Gasteiger partial charge in [0, 0.05) is 19.0 Å². The fraction of sp³-hybridized carbons (Fsp3) is 0.462. The van der Waals surface area contributed by atoms with Crippen molar-refractivity contribution >= 4 is 11.8 Å². The summed E-state index contributed by atoms with van der Waals surface area (Å²) >= 11 is 0. The average Bonchev–Trinajstić information content (AvgIpc) is 2.37. The Labute approximate surface area is 106 Å². The number of methoxy groups -OCH3 is 1. The molecule has 5 heteroatoms. The fourth-order valence-electron chi connectivity index (χ4n) is 1.46. The maximum atomic E-state index is 11.6. The molecule has 1 aromatic rings. The summed E-state index contributed by atoms with van der Waals surface area (Å²) in [6, 6.07) is 1.76. The van der Waals surface area contributed by atoms with Crippen molar-refractivity contribution in [3.63, 3.8) is 0 Å². The van der Waals surface area contributed by atoms with Crippen LogP contribution in [0.3, 0.4) is 0 Å². The van der Waals surface area contributed by atoms with E-state index in [0.29, 0.717) is 12.4 Å². The Kier molecular flexibility index (Phi) is 5.84. The van der Waals surface area contributed by atoms with Gasteiger partial charge < -0.3 is 9.47 Å². The van der Waals surface area contributed by atoms with Crippen molar-refractivity contribution in [3.05, 3.63) is 24.0 Å². The number of ketones is 1. The van der Waals surface area contributed by atoms with Crippen LogP contribution in [-0.4, -0.2) is 30.5 Å². The molecule has 0 N–H and O–H groups in total. The van der Waals surface area contributed by atoms with Crippen molar-refractivity contribution in [2.45, 2.75) is 26.2 Å². The molecule has 0 atom stereocenters. The lowest BCUT2D eigenvalue weighted by molar-refractivity contribution is -0.144. The van der Waals surface area contributed by atoms with E-state index in [0.717, 1.165) is 5.56 Å². The maximum absolute atomic E-state index is 11.6. The number of rotatable bonds is 7. The molecule has 0 radical (unpaired) electrons. The van der Waals surface area contributed by atoms with E-state index in [1.165, 1.54) is 0 Å². The van der Waals surface area contributed by atoms with E-state index in [4.69, 9.17) is 9.47 Å². The first-order chi connectivity index (χ1) is 8.65. The quantitative estimate of drug-likeness (QED) is 0.688. The third-order valence-electron chi connectivity index (χ3n) is 2.32. The Bertz CT molecular complexity index is 417. The molecule has 0 saturated carbocycles. The summed E-state index contributed by atoms with van der Waals surface area (Å²) in [6.07, 6.45) is 3.76.